The molecule has 0 aliphatic carbocycles. The van der Waals surface area contributed by atoms with E-state index in [1.165, 1.54) is 0 Å². The monoisotopic (exact) mass is 260 g/mol. The average Bonchev–Trinajstić information content (AvgIpc) is 2.22. The van der Waals surface area contributed by atoms with E-state index >= 15 is 0 Å². The number of nitrogens with zero attached hydrogens (tertiary/aromatic N) is 3. The minimum Gasteiger partial charge on any atom is -0.354 e. The largest absolute Gasteiger partial charge is 0.354 e. The van der Waals surface area contributed by atoms with Gasteiger partial charge in [0.2, 0.25) is 5.95 Å². The van der Waals surface area contributed by atoms with Crippen LogP contribution in [0.25, 0.3) is 0 Å². The van der Waals surface area contributed by atoms with E-state index in [0.29, 0.717) is 11.0 Å². The van der Waals surface area contributed by atoms with Gasteiger partial charge in [-0.2, -0.15) is 0 Å². The van der Waals surface area contributed by atoms with E-state index in [-0.39, 0.29) is 0 Å². The predicted octanol–water partition coefficient (Wildman–Crippen LogP) is 2.22. The third kappa shape index (κ3) is 4.55. The third-order valence-corrected chi connectivity index (χ3v) is 3.18. The first-order valence-electron chi connectivity index (χ1n) is 5.17. The van der Waals surface area contributed by atoms with Gasteiger partial charge in [0.15, 0.2) is 0 Å². The second-order valence-electron chi connectivity index (χ2n) is 3.53. The van der Waals surface area contributed by atoms with Gasteiger partial charge in [0.25, 0.3) is 0 Å². The Bertz CT molecular complexity index is 333. The minimum atomic E-state index is 0.616. The quantitative estimate of drug-likeness (QED) is 0.627. The summed E-state index contributed by atoms with van der Waals surface area (Å²) in [4.78, 5) is 10.6. The number of hydrogen-bond acceptors (Lipinski definition) is 5. The highest BCUT2D eigenvalue weighted by Crippen LogP contribution is 2.24. The molecule has 0 radical (unpaired) electrons. The number of halogens is 1. The summed E-state index contributed by atoms with van der Waals surface area (Å²) in [5, 5.41) is 4.53. The summed E-state index contributed by atoms with van der Waals surface area (Å²) in [7, 11) is 4.10. The highest BCUT2D eigenvalue weighted by atomic mass is 35.5. The van der Waals surface area contributed by atoms with Crippen LogP contribution in [-0.4, -0.2) is 47.8 Å². The van der Waals surface area contributed by atoms with Crippen LogP contribution in [0.3, 0.4) is 0 Å². The van der Waals surface area contributed by atoms with Crippen molar-refractivity contribution in [2.45, 2.75) is 11.9 Å². The molecule has 0 saturated carbocycles. The second-order valence-corrected chi connectivity index (χ2v) is 5.02. The van der Waals surface area contributed by atoms with Crippen molar-refractivity contribution in [3.63, 3.8) is 0 Å². The van der Waals surface area contributed by atoms with E-state index in [0.717, 1.165) is 23.9 Å². The van der Waals surface area contributed by atoms with Gasteiger partial charge in [0.1, 0.15) is 5.03 Å². The molecule has 0 aromatic carbocycles. The Balaban J connectivity index is 2.59. The van der Waals surface area contributed by atoms with E-state index in [4.69, 9.17) is 11.6 Å². The Morgan fingerprint density at radius 3 is 2.88 bits per heavy atom. The Labute approximate surface area is 106 Å². The first kappa shape index (κ1) is 13.5. The van der Waals surface area contributed by atoms with Crippen molar-refractivity contribution in [2.24, 2.45) is 0 Å². The summed E-state index contributed by atoms with van der Waals surface area (Å²) in [6.45, 7) is 3.82. The molecule has 6 heteroatoms. The van der Waals surface area contributed by atoms with Crippen molar-refractivity contribution in [1.29, 1.82) is 0 Å². The standard InChI is InChI=1S/C10H17ClN4S/c1-4-12-10-13-7-8(11)9(14-10)16-6-5-15(2)3/h7H,4-6H2,1-3H3,(H,12,13,14). The molecule has 4 nitrogen and oxygen atoms in total. The Morgan fingerprint density at radius 2 is 2.25 bits per heavy atom. The number of thioether (sulfide) groups is 1. The number of hydrogen-bond donors (Lipinski definition) is 1. The third-order valence-electron chi connectivity index (χ3n) is 1.82. The van der Waals surface area contributed by atoms with E-state index in [2.05, 4.69) is 20.2 Å². The van der Waals surface area contributed by atoms with Crippen molar-refractivity contribution in [3.05, 3.63) is 11.2 Å². The Morgan fingerprint density at radius 1 is 1.50 bits per heavy atom. The van der Waals surface area contributed by atoms with Crippen molar-refractivity contribution in [2.75, 3.05) is 38.3 Å². The van der Waals surface area contributed by atoms with Crippen LogP contribution in [0.15, 0.2) is 11.2 Å². The topological polar surface area (TPSA) is 41.1 Å². The molecule has 0 aliphatic rings. The fourth-order valence-corrected chi connectivity index (χ4v) is 2.27. The van der Waals surface area contributed by atoms with Gasteiger partial charge in [-0.3, -0.25) is 0 Å². The zero-order chi connectivity index (χ0) is 12.0. The fourth-order valence-electron chi connectivity index (χ4n) is 1.02. The van der Waals surface area contributed by atoms with Crippen LogP contribution in [0.2, 0.25) is 5.02 Å². The maximum absolute atomic E-state index is 6.02. The van der Waals surface area contributed by atoms with Gasteiger partial charge in [-0.05, 0) is 21.0 Å². The predicted molar refractivity (Wildman–Crippen MR) is 70.5 cm³/mol. The molecule has 1 aromatic heterocycles. The Hall–Kier alpha value is -0.520. The summed E-state index contributed by atoms with van der Waals surface area (Å²) in [5.41, 5.74) is 0. The molecule has 0 aliphatic heterocycles. The molecular formula is C10H17ClN4S. The van der Waals surface area contributed by atoms with Gasteiger partial charge in [-0.25, -0.2) is 9.97 Å². The zero-order valence-electron chi connectivity index (χ0n) is 9.83. The summed E-state index contributed by atoms with van der Waals surface area (Å²) in [6.07, 6.45) is 1.64. The fraction of sp³-hybridized carbons (Fsp3) is 0.600. The zero-order valence-corrected chi connectivity index (χ0v) is 11.4. The van der Waals surface area contributed by atoms with Crippen LogP contribution in [0.4, 0.5) is 5.95 Å². The van der Waals surface area contributed by atoms with E-state index in [1.54, 1.807) is 18.0 Å². The molecule has 1 N–H and O–H groups in total. The molecule has 0 atom stereocenters. The molecule has 1 aromatic rings. The minimum absolute atomic E-state index is 0.616. The molecule has 0 amide bonds. The van der Waals surface area contributed by atoms with Crippen LogP contribution in [-0.2, 0) is 0 Å². The molecule has 16 heavy (non-hydrogen) atoms. The highest BCUT2D eigenvalue weighted by molar-refractivity contribution is 7.99. The lowest BCUT2D eigenvalue weighted by atomic mass is 10.6. The van der Waals surface area contributed by atoms with E-state index in [9.17, 15) is 0 Å². The lowest BCUT2D eigenvalue weighted by Crippen LogP contribution is -2.14. The Kier molecular flexibility index (Phi) is 5.87. The molecule has 90 valence electrons. The van der Waals surface area contributed by atoms with Crippen LogP contribution in [0, 0.1) is 0 Å². The molecule has 0 unspecified atom stereocenters. The molecule has 0 bridgehead atoms. The normalized spacial score (nSPS) is 10.8. The van der Waals surface area contributed by atoms with Gasteiger partial charge >= 0.3 is 0 Å². The lowest BCUT2D eigenvalue weighted by Gasteiger charge is -2.09. The van der Waals surface area contributed by atoms with Crippen molar-refractivity contribution in [1.82, 2.24) is 14.9 Å². The number of anilines is 1. The molecule has 0 saturated heterocycles. The van der Waals surface area contributed by atoms with Crippen LogP contribution < -0.4 is 5.32 Å². The molecule has 0 fully saturated rings. The first-order chi connectivity index (χ1) is 7.63. The summed E-state index contributed by atoms with van der Waals surface area (Å²) in [5.74, 6) is 1.61. The summed E-state index contributed by atoms with van der Waals surface area (Å²) < 4.78 is 0. The van der Waals surface area contributed by atoms with E-state index < -0.39 is 0 Å². The molecule has 1 heterocycles. The van der Waals surface area contributed by atoms with E-state index in [1.807, 2.05) is 21.0 Å². The number of rotatable bonds is 6. The summed E-state index contributed by atoms with van der Waals surface area (Å²) >= 11 is 7.68. The maximum atomic E-state index is 6.02. The summed E-state index contributed by atoms with van der Waals surface area (Å²) in [6, 6.07) is 0. The van der Waals surface area contributed by atoms with Gasteiger partial charge in [-0.15, -0.1) is 11.8 Å². The van der Waals surface area contributed by atoms with Crippen LogP contribution >= 0.6 is 23.4 Å². The van der Waals surface area contributed by atoms with Gasteiger partial charge in [-0.1, -0.05) is 11.6 Å². The smallest absolute Gasteiger partial charge is 0.223 e. The first-order valence-corrected chi connectivity index (χ1v) is 6.53. The van der Waals surface area contributed by atoms with Gasteiger partial charge in [0, 0.05) is 18.8 Å². The van der Waals surface area contributed by atoms with Gasteiger partial charge < -0.3 is 10.2 Å². The van der Waals surface area contributed by atoms with Crippen molar-refractivity contribution < 1.29 is 0 Å². The van der Waals surface area contributed by atoms with Crippen molar-refractivity contribution in [3.8, 4) is 0 Å². The molecule has 0 spiro atoms. The molecule has 1 rings (SSSR count). The second kappa shape index (κ2) is 6.93. The van der Waals surface area contributed by atoms with Crippen LogP contribution in [0.5, 0.6) is 0 Å². The molecular weight excluding hydrogens is 244 g/mol. The van der Waals surface area contributed by atoms with Gasteiger partial charge in [0.05, 0.1) is 11.2 Å². The average molecular weight is 261 g/mol. The number of aromatic nitrogens is 2. The van der Waals surface area contributed by atoms with Crippen LogP contribution in [0.1, 0.15) is 6.92 Å². The number of nitrogens with one attached hydrogen (secondary N) is 1. The van der Waals surface area contributed by atoms with Crippen molar-refractivity contribution >= 4 is 29.3 Å². The highest BCUT2D eigenvalue weighted by Gasteiger charge is 2.05. The SMILES string of the molecule is CCNc1ncc(Cl)c(SCCN(C)C)n1. The maximum Gasteiger partial charge on any atom is 0.223 e. The lowest BCUT2D eigenvalue weighted by molar-refractivity contribution is 0.437.